The lowest BCUT2D eigenvalue weighted by atomic mass is 9.86. The fourth-order valence-electron chi connectivity index (χ4n) is 1.04. The molecule has 0 saturated carbocycles. The average molecular weight is 159 g/mol. The van der Waals surface area contributed by atoms with Crippen molar-refractivity contribution in [3.8, 4) is 0 Å². The topological polar surface area (TPSA) is 67.2 Å². The predicted octanol–water partition coefficient (Wildman–Crippen LogP) is -0.390. The van der Waals surface area contributed by atoms with E-state index in [0.717, 1.165) is 0 Å². The molecular weight excluding hydrogens is 142 g/mol. The van der Waals surface area contributed by atoms with Gasteiger partial charge in [-0.25, -0.2) is 5.84 Å². The zero-order chi connectivity index (χ0) is 9.07. The molecule has 4 heteroatoms. The number of nitrogens with one attached hydrogen (secondary N) is 2. The minimum absolute atomic E-state index is 0.113. The highest BCUT2D eigenvalue weighted by molar-refractivity contribution is 5.81. The lowest BCUT2D eigenvalue weighted by molar-refractivity contribution is -0.125. The molecule has 0 aliphatic rings. The molecule has 0 radical (unpaired) electrons. The lowest BCUT2D eigenvalue weighted by Crippen LogP contribution is -2.52. The second-order valence-corrected chi connectivity index (χ2v) is 3.60. The smallest absolute Gasteiger partial charge is 0.251 e. The van der Waals surface area contributed by atoms with Crippen LogP contribution < -0.4 is 16.6 Å². The maximum atomic E-state index is 11.1. The van der Waals surface area contributed by atoms with Crippen molar-refractivity contribution in [1.29, 1.82) is 0 Å². The van der Waals surface area contributed by atoms with Crippen LogP contribution >= 0.6 is 0 Å². The normalized spacial score (nSPS) is 14.3. The zero-order valence-electron chi connectivity index (χ0n) is 7.56. The van der Waals surface area contributed by atoms with E-state index in [2.05, 4.69) is 10.7 Å². The maximum absolute atomic E-state index is 11.1. The number of carbonyl (C=O) groups excluding carboxylic acids is 1. The maximum Gasteiger partial charge on any atom is 0.251 e. The quantitative estimate of drug-likeness (QED) is 0.292. The van der Waals surface area contributed by atoms with Gasteiger partial charge in [0.15, 0.2) is 0 Å². The minimum Gasteiger partial charge on any atom is -0.308 e. The third kappa shape index (κ3) is 2.86. The molecule has 0 fully saturated rings. The average Bonchev–Trinajstić information content (AvgIpc) is 1.86. The first-order chi connectivity index (χ1) is 4.93. The van der Waals surface area contributed by atoms with E-state index < -0.39 is 0 Å². The molecule has 4 nitrogen and oxygen atoms in total. The fourth-order valence-corrected chi connectivity index (χ4v) is 1.04. The monoisotopic (exact) mass is 159 g/mol. The molecule has 0 rings (SSSR count). The molecule has 1 atom stereocenters. The summed E-state index contributed by atoms with van der Waals surface area (Å²) in [5.41, 5.74) is 2.01. The molecule has 0 aromatic heterocycles. The van der Waals surface area contributed by atoms with E-state index in [9.17, 15) is 4.79 Å². The second-order valence-electron chi connectivity index (χ2n) is 3.60. The Morgan fingerprint density at radius 1 is 1.45 bits per heavy atom. The second kappa shape index (κ2) is 3.69. The first kappa shape index (κ1) is 10.4. The van der Waals surface area contributed by atoms with Gasteiger partial charge in [0.05, 0.1) is 6.04 Å². The molecule has 0 heterocycles. The van der Waals surface area contributed by atoms with Crippen molar-refractivity contribution in [1.82, 2.24) is 10.7 Å². The van der Waals surface area contributed by atoms with Crippen LogP contribution in [0.2, 0.25) is 0 Å². The molecule has 1 amide bonds. The van der Waals surface area contributed by atoms with Crippen LogP contribution in [0.1, 0.15) is 20.8 Å². The summed E-state index contributed by atoms with van der Waals surface area (Å²) in [4.78, 5) is 11.1. The van der Waals surface area contributed by atoms with E-state index in [1.54, 1.807) is 7.05 Å². The van der Waals surface area contributed by atoms with Gasteiger partial charge < -0.3 is 5.32 Å². The summed E-state index contributed by atoms with van der Waals surface area (Å²) in [6.07, 6.45) is 0. The molecule has 0 aliphatic heterocycles. The van der Waals surface area contributed by atoms with Crippen molar-refractivity contribution in [2.45, 2.75) is 26.8 Å². The molecule has 0 bridgehead atoms. The van der Waals surface area contributed by atoms with Crippen LogP contribution in [-0.2, 0) is 4.79 Å². The Balaban J connectivity index is 4.29. The molecule has 1 unspecified atom stereocenters. The van der Waals surface area contributed by atoms with Gasteiger partial charge in [-0.15, -0.1) is 0 Å². The van der Waals surface area contributed by atoms with Crippen LogP contribution in [0.25, 0.3) is 0 Å². The Morgan fingerprint density at radius 2 is 1.91 bits per heavy atom. The molecule has 0 aliphatic carbocycles. The van der Waals surface area contributed by atoms with Gasteiger partial charge in [0, 0.05) is 0 Å². The summed E-state index contributed by atoms with van der Waals surface area (Å²) in [5.74, 6) is 4.83. The molecule has 66 valence electrons. The van der Waals surface area contributed by atoms with Crippen LogP contribution in [0, 0.1) is 5.41 Å². The first-order valence-electron chi connectivity index (χ1n) is 3.61. The van der Waals surface area contributed by atoms with E-state index in [1.165, 1.54) is 0 Å². The molecule has 0 aromatic rings. The number of nitrogens with two attached hydrogens (primary N) is 1. The summed E-state index contributed by atoms with van der Waals surface area (Å²) < 4.78 is 0. The van der Waals surface area contributed by atoms with E-state index in [1.807, 2.05) is 20.8 Å². The lowest BCUT2D eigenvalue weighted by Gasteiger charge is -2.28. The fraction of sp³-hybridized carbons (Fsp3) is 0.857. The van der Waals surface area contributed by atoms with Crippen LogP contribution in [0.15, 0.2) is 0 Å². The van der Waals surface area contributed by atoms with Crippen LogP contribution in [0.5, 0.6) is 0 Å². The summed E-state index contributed by atoms with van der Waals surface area (Å²) >= 11 is 0. The van der Waals surface area contributed by atoms with Gasteiger partial charge in [0.25, 0.3) is 5.91 Å². The third-order valence-corrected chi connectivity index (χ3v) is 1.56. The van der Waals surface area contributed by atoms with Gasteiger partial charge in [-0.1, -0.05) is 20.8 Å². The summed E-state index contributed by atoms with van der Waals surface area (Å²) in [7, 11) is 1.74. The van der Waals surface area contributed by atoms with E-state index in [0.29, 0.717) is 0 Å². The Morgan fingerprint density at radius 3 is 2.00 bits per heavy atom. The molecule has 0 aromatic carbocycles. The van der Waals surface area contributed by atoms with Gasteiger partial charge in [-0.2, -0.15) is 0 Å². The van der Waals surface area contributed by atoms with Gasteiger partial charge in [-0.05, 0) is 12.5 Å². The van der Waals surface area contributed by atoms with E-state index in [-0.39, 0.29) is 17.4 Å². The Hall–Kier alpha value is -0.610. The highest BCUT2D eigenvalue weighted by Crippen LogP contribution is 2.18. The zero-order valence-corrected chi connectivity index (χ0v) is 7.56. The Kier molecular flexibility index (Phi) is 3.48. The van der Waals surface area contributed by atoms with Crippen LogP contribution in [0.4, 0.5) is 0 Å². The number of amides is 1. The van der Waals surface area contributed by atoms with Crippen molar-refractivity contribution in [2.24, 2.45) is 11.3 Å². The molecule has 4 N–H and O–H groups in total. The molecule has 0 spiro atoms. The predicted molar refractivity (Wildman–Crippen MR) is 44.6 cm³/mol. The summed E-state index contributed by atoms with van der Waals surface area (Å²) in [6.45, 7) is 5.93. The number of carbonyl (C=O) groups is 1. The minimum atomic E-state index is -0.243. The molecule has 0 saturated heterocycles. The van der Waals surface area contributed by atoms with Gasteiger partial charge in [-0.3, -0.25) is 10.2 Å². The SMILES string of the molecule is CNC(C(=O)NN)C(C)(C)C. The number of rotatable bonds is 2. The van der Waals surface area contributed by atoms with Crippen molar-refractivity contribution in [2.75, 3.05) is 7.05 Å². The number of hydrogen-bond donors (Lipinski definition) is 3. The van der Waals surface area contributed by atoms with Crippen molar-refractivity contribution >= 4 is 5.91 Å². The molecular formula is C7H17N3O. The highest BCUT2D eigenvalue weighted by Gasteiger charge is 2.28. The third-order valence-electron chi connectivity index (χ3n) is 1.56. The van der Waals surface area contributed by atoms with Crippen molar-refractivity contribution in [3.63, 3.8) is 0 Å². The molecule has 11 heavy (non-hydrogen) atoms. The van der Waals surface area contributed by atoms with Crippen molar-refractivity contribution < 1.29 is 4.79 Å². The Labute approximate surface area is 67.5 Å². The van der Waals surface area contributed by atoms with Gasteiger partial charge in [0.1, 0.15) is 0 Å². The standard InChI is InChI=1S/C7H17N3O/c1-7(2,3)5(9-4)6(11)10-8/h5,9H,8H2,1-4H3,(H,10,11). The van der Waals surface area contributed by atoms with Crippen LogP contribution in [0.3, 0.4) is 0 Å². The largest absolute Gasteiger partial charge is 0.308 e. The van der Waals surface area contributed by atoms with Gasteiger partial charge in [0.2, 0.25) is 0 Å². The van der Waals surface area contributed by atoms with Crippen LogP contribution in [-0.4, -0.2) is 19.0 Å². The Bertz CT molecular complexity index is 139. The highest BCUT2D eigenvalue weighted by atomic mass is 16.2. The van der Waals surface area contributed by atoms with E-state index >= 15 is 0 Å². The van der Waals surface area contributed by atoms with E-state index in [4.69, 9.17) is 5.84 Å². The number of likely N-dealkylation sites (N-methyl/N-ethyl adjacent to an activating group) is 1. The summed E-state index contributed by atoms with van der Waals surface area (Å²) in [5, 5.41) is 2.90. The number of hydrogen-bond acceptors (Lipinski definition) is 3. The van der Waals surface area contributed by atoms with Gasteiger partial charge >= 0.3 is 0 Å². The first-order valence-corrected chi connectivity index (χ1v) is 3.61. The van der Waals surface area contributed by atoms with Crippen molar-refractivity contribution in [3.05, 3.63) is 0 Å². The summed E-state index contributed by atoms with van der Waals surface area (Å²) in [6, 6.07) is -0.243. The number of hydrazine groups is 1.